The highest BCUT2D eigenvalue weighted by Gasteiger charge is 2.45. The lowest BCUT2D eigenvalue weighted by Crippen LogP contribution is -2.55. The van der Waals surface area contributed by atoms with Crippen LogP contribution in [0.1, 0.15) is 37.7 Å². The van der Waals surface area contributed by atoms with Crippen LogP contribution in [0.15, 0.2) is 36.4 Å². The third-order valence-electron chi connectivity index (χ3n) is 5.19. The molecule has 1 fully saturated rings. The third kappa shape index (κ3) is 3.86. The van der Waals surface area contributed by atoms with E-state index in [0.29, 0.717) is 31.7 Å². The number of hydrogen-bond donors (Lipinski definition) is 1. The van der Waals surface area contributed by atoms with Crippen molar-refractivity contribution in [1.82, 2.24) is 4.90 Å². The van der Waals surface area contributed by atoms with Crippen LogP contribution in [0.4, 0.5) is 0 Å². The number of nitrogens with zero attached hydrogens (tertiary/aromatic N) is 1. The molecule has 1 aromatic carbocycles. The molecule has 0 spiro atoms. The van der Waals surface area contributed by atoms with Gasteiger partial charge in [-0.05, 0) is 43.9 Å². The monoisotopic (exact) mass is 343 g/mol. The molecule has 0 saturated carbocycles. The molecular weight excluding hydrogens is 318 g/mol. The maximum Gasteiger partial charge on any atom is 0.348 e. The lowest BCUT2D eigenvalue weighted by molar-refractivity contribution is -0.162. The summed E-state index contributed by atoms with van der Waals surface area (Å²) in [4.78, 5) is 26.4. The SMILES string of the molecule is Cc1cccc(OC2(C(=O)O)CCN(C(=O)[C@@H]3CC=CCC3)CC2)c1. The van der Waals surface area contributed by atoms with E-state index in [1.165, 1.54) is 0 Å². The fourth-order valence-corrected chi connectivity index (χ4v) is 3.63. The van der Waals surface area contributed by atoms with Gasteiger partial charge in [-0.15, -0.1) is 0 Å². The molecule has 25 heavy (non-hydrogen) atoms. The van der Waals surface area contributed by atoms with Crippen LogP contribution in [0.3, 0.4) is 0 Å². The van der Waals surface area contributed by atoms with Gasteiger partial charge in [0, 0.05) is 31.8 Å². The van der Waals surface area contributed by atoms with Crippen LogP contribution in [-0.4, -0.2) is 40.6 Å². The number of likely N-dealkylation sites (tertiary alicyclic amines) is 1. The molecule has 0 radical (unpaired) electrons. The van der Waals surface area contributed by atoms with Crippen LogP contribution in [0, 0.1) is 12.8 Å². The molecule has 134 valence electrons. The molecule has 0 unspecified atom stereocenters. The molecule has 1 heterocycles. The number of amides is 1. The molecule has 5 nitrogen and oxygen atoms in total. The van der Waals surface area contributed by atoms with E-state index < -0.39 is 11.6 Å². The van der Waals surface area contributed by atoms with Crippen molar-refractivity contribution in [2.75, 3.05) is 13.1 Å². The normalized spacial score (nSPS) is 22.4. The molecule has 1 aromatic rings. The fraction of sp³-hybridized carbons (Fsp3) is 0.500. The zero-order valence-corrected chi connectivity index (χ0v) is 14.6. The highest BCUT2D eigenvalue weighted by molar-refractivity contribution is 5.81. The van der Waals surface area contributed by atoms with Gasteiger partial charge >= 0.3 is 5.97 Å². The fourth-order valence-electron chi connectivity index (χ4n) is 3.63. The molecule has 1 amide bonds. The number of ether oxygens (including phenoxy) is 1. The first kappa shape index (κ1) is 17.5. The van der Waals surface area contributed by atoms with Gasteiger partial charge in [0.1, 0.15) is 5.75 Å². The van der Waals surface area contributed by atoms with Crippen LogP contribution < -0.4 is 4.74 Å². The Hall–Kier alpha value is -2.30. The zero-order valence-electron chi connectivity index (χ0n) is 14.6. The van der Waals surface area contributed by atoms with Gasteiger partial charge < -0.3 is 14.7 Å². The standard InChI is InChI=1S/C20H25NO4/c1-15-6-5-9-17(14-15)25-20(19(23)24)10-12-21(13-11-20)18(22)16-7-3-2-4-8-16/h2-3,5-6,9,14,16H,4,7-8,10-13H2,1H3,(H,23,24)/t16-/m1/s1. The summed E-state index contributed by atoms with van der Waals surface area (Å²) < 4.78 is 5.91. The Morgan fingerprint density at radius 1 is 1.24 bits per heavy atom. The average Bonchev–Trinajstić information content (AvgIpc) is 2.62. The van der Waals surface area contributed by atoms with Crippen molar-refractivity contribution in [2.45, 2.75) is 44.6 Å². The van der Waals surface area contributed by atoms with Crippen molar-refractivity contribution < 1.29 is 19.4 Å². The van der Waals surface area contributed by atoms with Crippen LogP contribution in [0.25, 0.3) is 0 Å². The van der Waals surface area contributed by atoms with Crippen molar-refractivity contribution >= 4 is 11.9 Å². The van der Waals surface area contributed by atoms with Crippen LogP contribution in [-0.2, 0) is 9.59 Å². The van der Waals surface area contributed by atoms with Crippen LogP contribution >= 0.6 is 0 Å². The van der Waals surface area contributed by atoms with Crippen molar-refractivity contribution in [3.05, 3.63) is 42.0 Å². The summed E-state index contributed by atoms with van der Waals surface area (Å²) >= 11 is 0. The Morgan fingerprint density at radius 2 is 2.00 bits per heavy atom. The minimum absolute atomic E-state index is 0.0417. The Morgan fingerprint density at radius 3 is 2.60 bits per heavy atom. The van der Waals surface area contributed by atoms with Gasteiger partial charge in [0.15, 0.2) is 0 Å². The smallest absolute Gasteiger partial charge is 0.348 e. The number of aryl methyl sites for hydroxylation is 1. The van der Waals surface area contributed by atoms with E-state index in [-0.39, 0.29) is 11.8 Å². The number of carboxylic acid groups (broad SMARTS) is 1. The Bertz CT molecular complexity index is 674. The maximum atomic E-state index is 12.6. The number of carbonyl (C=O) groups excluding carboxylic acids is 1. The highest BCUT2D eigenvalue weighted by Crippen LogP contribution is 2.31. The molecule has 0 bridgehead atoms. The van der Waals surface area contributed by atoms with E-state index in [4.69, 9.17) is 4.74 Å². The summed E-state index contributed by atoms with van der Waals surface area (Å²) in [6, 6.07) is 7.43. The summed E-state index contributed by atoms with van der Waals surface area (Å²) in [5.41, 5.74) is -0.229. The number of carboxylic acids is 1. The average molecular weight is 343 g/mol. The summed E-state index contributed by atoms with van der Waals surface area (Å²) in [5, 5.41) is 9.76. The van der Waals surface area contributed by atoms with Crippen molar-refractivity contribution in [3.8, 4) is 5.75 Å². The van der Waals surface area contributed by atoms with Crippen molar-refractivity contribution in [1.29, 1.82) is 0 Å². The number of aliphatic carboxylic acids is 1. The second kappa shape index (κ2) is 7.30. The number of benzene rings is 1. The number of carbonyl (C=O) groups is 2. The quantitative estimate of drug-likeness (QED) is 0.853. The molecule has 1 aliphatic heterocycles. The first-order valence-corrected chi connectivity index (χ1v) is 8.93. The molecule has 2 aliphatic rings. The number of hydrogen-bond acceptors (Lipinski definition) is 3. The zero-order chi connectivity index (χ0) is 17.9. The van der Waals surface area contributed by atoms with Gasteiger partial charge in [-0.1, -0.05) is 24.3 Å². The van der Waals surface area contributed by atoms with Gasteiger partial charge in [-0.3, -0.25) is 4.79 Å². The van der Waals surface area contributed by atoms with E-state index >= 15 is 0 Å². The summed E-state index contributed by atoms with van der Waals surface area (Å²) in [7, 11) is 0. The van der Waals surface area contributed by atoms with Gasteiger partial charge in [-0.2, -0.15) is 0 Å². The molecular formula is C20H25NO4. The van der Waals surface area contributed by atoms with Gasteiger partial charge in [0.05, 0.1) is 0 Å². The predicted molar refractivity (Wildman–Crippen MR) is 94.5 cm³/mol. The molecule has 0 aromatic heterocycles. The maximum absolute atomic E-state index is 12.6. The van der Waals surface area contributed by atoms with E-state index in [1.807, 2.05) is 30.0 Å². The van der Waals surface area contributed by atoms with Gasteiger partial charge in [0.2, 0.25) is 11.5 Å². The van der Waals surface area contributed by atoms with E-state index in [1.54, 1.807) is 6.07 Å². The lowest BCUT2D eigenvalue weighted by atomic mass is 9.88. The van der Waals surface area contributed by atoms with E-state index in [9.17, 15) is 14.7 Å². The number of rotatable bonds is 4. The Balaban J connectivity index is 1.67. The molecule has 1 N–H and O–H groups in total. The highest BCUT2D eigenvalue weighted by atomic mass is 16.5. The van der Waals surface area contributed by atoms with Gasteiger partial charge in [0.25, 0.3) is 0 Å². The molecule has 1 saturated heterocycles. The second-order valence-electron chi connectivity index (χ2n) is 7.02. The van der Waals surface area contributed by atoms with E-state index in [2.05, 4.69) is 12.2 Å². The van der Waals surface area contributed by atoms with Crippen molar-refractivity contribution in [3.63, 3.8) is 0 Å². The van der Waals surface area contributed by atoms with Crippen LogP contribution in [0.5, 0.6) is 5.75 Å². The molecule has 5 heteroatoms. The van der Waals surface area contributed by atoms with Crippen molar-refractivity contribution in [2.24, 2.45) is 5.92 Å². The first-order chi connectivity index (χ1) is 12.0. The Labute approximate surface area is 148 Å². The lowest BCUT2D eigenvalue weighted by Gasteiger charge is -2.40. The topological polar surface area (TPSA) is 66.8 Å². The number of allylic oxidation sites excluding steroid dienone is 2. The van der Waals surface area contributed by atoms with E-state index in [0.717, 1.165) is 24.8 Å². The molecule has 1 aliphatic carbocycles. The molecule has 1 atom stereocenters. The minimum atomic E-state index is -1.25. The minimum Gasteiger partial charge on any atom is -0.478 e. The van der Waals surface area contributed by atoms with Gasteiger partial charge in [-0.25, -0.2) is 4.79 Å². The largest absolute Gasteiger partial charge is 0.478 e. The summed E-state index contributed by atoms with van der Waals surface area (Å²) in [6.07, 6.45) is 7.42. The summed E-state index contributed by atoms with van der Waals surface area (Å²) in [5.74, 6) is -0.194. The molecule has 3 rings (SSSR count). The van der Waals surface area contributed by atoms with Crippen LogP contribution in [0.2, 0.25) is 0 Å². The Kier molecular flexibility index (Phi) is 5.11. The summed E-state index contributed by atoms with van der Waals surface area (Å²) in [6.45, 7) is 2.80. The first-order valence-electron chi connectivity index (χ1n) is 8.93. The third-order valence-corrected chi connectivity index (χ3v) is 5.19. The predicted octanol–water partition coefficient (Wildman–Crippen LogP) is 3.18. The second-order valence-corrected chi connectivity index (χ2v) is 7.02. The number of piperidine rings is 1.